The molecule has 1 saturated heterocycles. The number of rotatable bonds is 11. The fourth-order valence-corrected chi connectivity index (χ4v) is 6.61. The van der Waals surface area contributed by atoms with Gasteiger partial charge in [-0.3, -0.25) is 4.79 Å². The van der Waals surface area contributed by atoms with E-state index in [-0.39, 0.29) is 48.5 Å². The van der Waals surface area contributed by atoms with Crippen LogP contribution in [0.15, 0.2) is 84.0 Å². The predicted octanol–water partition coefficient (Wildman–Crippen LogP) is 5.35. The Bertz CT molecular complexity index is 1620. The van der Waals surface area contributed by atoms with Crippen molar-refractivity contribution in [2.24, 2.45) is 17.8 Å². The number of fused-ring (bicyclic) bond motifs is 1. The highest BCUT2D eigenvalue weighted by Gasteiger charge is 2.32. The lowest BCUT2D eigenvalue weighted by molar-refractivity contribution is -0.124. The Morgan fingerprint density at radius 3 is 2.63 bits per heavy atom. The molecule has 7 atom stereocenters. The highest BCUT2D eigenvalue weighted by Crippen LogP contribution is 2.35. The Balaban J connectivity index is 1.15. The Kier molecular flexibility index (Phi) is 12.3. The second-order valence-corrected chi connectivity index (χ2v) is 12.8. The summed E-state index contributed by atoms with van der Waals surface area (Å²) in [7, 11) is 0. The van der Waals surface area contributed by atoms with Gasteiger partial charge in [0.15, 0.2) is 0 Å². The Morgan fingerprint density at radius 1 is 1.12 bits per heavy atom. The molecule has 49 heavy (non-hydrogen) atoms. The van der Waals surface area contributed by atoms with Gasteiger partial charge in [-0.25, -0.2) is 13.6 Å². The fraction of sp³-hybridized carbons (Fsp3) is 0.459. The fourth-order valence-electron chi connectivity index (χ4n) is 6.61. The van der Waals surface area contributed by atoms with E-state index >= 15 is 4.39 Å². The highest BCUT2D eigenvalue weighted by atomic mass is 19.4. The van der Waals surface area contributed by atoms with Crippen LogP contribution in [0.5, 0.6) is 0 Å². The van der Waals surface area contributed by atoms with Crippen LogP contribution in [-0.2, 0) is 14.3 Å². The van der Waals surface area contributed by atoms with E-state index < -0.39 is 42.9 Å². The van der Waals surface area contributed by atoms with E-state index in [4.69, 9.17) is 9.47 Å². The molecule has 12 heteroatoms. The molecule has 1 fully saturated rings. The third-order valence-electron chi connectivity index (χ3n) is 9.32. The van der Waals surface area contributed by atoms with Crippen molar-refractivity contribution in [2.75, 3.05) is 19.7 Å². The minimum Gasteiger partial charge on any atom is -0.445 e. The minimum absolute atomic E-state index is 0.0588. The van der Waals surface area contributed by atoms with Crippen LogP contribution in [0.25, 0.3) is 12.2 Å². The number of allylic oxidation sites excluding steroid dienone is 7. The largest absolute Gasteiger partial charge is 0.445 e. The molecule has 1 aromatic rings. The molecular formula is C37H42F5N3O4. The Hall–Kier alpha value is -4.03. The number of hydrogen-bond donors (Lipinski definition) is 3. The van der Waals surface area contributed by atoms with E-state index in [1.807, 2.05) is 12.1 Å². The zero-order valence-electron chi connectivity index (χ0n) is 27.2. The second kappa shape index (κ2) is 16.6. The van der Waals surface area contributed by atoms with Gasteiger partial charge in [-0.1, -0.05) is 72.4 Å². The first-order chi connectivity index (χ1) is 23.4. The smallest absolute Gasteiger partial charge is 0.407 e. The molecule has 0 aromatic heterocycles. The van der Waals surface area contributed by atoms with Crippen LogP contribution in [-0.4, -0.2) is 62.2 Å². The first-order valence-corrected chi connectivity index (χ1v) is 16.6. The molecule has 7 nitrogen and oxygen atoms in total. The molecule has 0 bridgehead atoms. The van der Waals surface area contributed by atoms with Crippen LogP contribution in [0, 0.1) is 17.8 Å². The summed E-state index contributed by atoms with van der Waals surface area (Å²) in [6.45, 7) is 0.562. The van der Waals surface area contributed by atoms with Crippen LogP contribution >= 0.6 is 0 Å². The van der Waals surface area contributed by atoms with Crippen LogP contribution in [0.4, 0.5) is 26.7 Å². The van der Waals surface area contributed by atoms with Gasteiger partial charge in [0.2, 0.25) is 5.91 Å². The van der Waals surface area contributed by atoms with Gasteiger partial charge in [0.05, 0.1) is 24.8 Å². The zero-order valence-corrected chi connectivity index (χ0v) is 27.2. The zero-order chi connectivity index (χ0) is 35.0. The molecule has 3 N–H and O–H groups in total. The molecule has 4 aliphatic rings. The SMILES string of the molecule is CC(OC(=O)NCC(F)(F)F)C1COC(C=CCC2C(F)=CC=CC2NC(=O)CC(C2=CC=C(F)CC2)C2C=c3ccccc3=CC2)CN1. The van der Waals surface area contributed by atoms with Crippen LogP contribution in [0.3, 0.4) is 0 Å². The number of halogens is 5. The molecule has 5 rings (SSSR count). The summed E-state index contributed by atoms with van der Waals surface area (Å²) in [6.07, 6.45) is 11.3. The van der Waals surface area contributed by atoms with E-state index in [0.717, 1.165) is 22.4 Å². The lowest BCUT2D eigenvalue weighted by Gasteiger charge is -2.32. The summed E-state index contributed by atoms with van der Waals surface area (Å²) in [5, 5.41) is 10.1. The molecule has 0 saturated carbocycles. The number of alkyl carbamates (subject to hydrolysis) is 1. The van der Waals surface area contributed by atoms with Gasteiger partial charge in [0.1, 0.15) is 24.3 Å². The van der Waals surface area contributed by atoms with Gasteiger partial charge in [0, 0.05) is 25.3 Å². The van der Waals surface area contributed by atoms with Crippen LogP contribution < -0.4 is 26.4 Å². The number of carbonyl (C=O) groups excluding carboxylic acids is 2. The number of hydrogen-bond acceptors (Lipinski definition) is 5. The maximum Gasteiger partial charge on any atom is 0.407 e. The molecule has 0 radical (unpaired) electrons. The van der Waals surface area contributed by atoms with Gasteiger partial charge < -0.3 is 25.4 Å². The number of amides is 2. The van der Waals surface area contributed by atoms with E-state index in [2.05, 4.69) is 34.9 Å². The molecule has 264 valence electrons. The van der Waals surface area contributed by atoms with Crippen molar-refractivity contribution >= 4 is 24.2 Å². The van der Waals surface area contributed by atoms with Gasteiger partial charge in [-0.05, 0) is 60.6 Å². The lowest BCUT2D eigenvalue weighted by Crippen LogP contribution is -2.52. The summed E-state index contributed by atoms with van der Waals surface area (Å²) < 4.78 is 76.8. The quantitative estimate of drug-likeness (QED) is 0.216. The molecule has 0 spiro atoms. The van der Waals surface area contributed by atoms with Crippen LogP contribution in [0.2, 0.25) is 0 Å². The summed E-state index contributed by atoms with van der Waals surface area (Å²) in [6, 6.07) is 7.10. The van der Waals surface area contributed by atoms with E-state index in [1.54, 1.807) is 42.6 Å². The molecule has 1 aliphatic heterocycles. The van der Waals surface area contributed by atoms with Gasteiger partial charge in [-0.15, -0.1) is 0 Å². The molecule has 7 unspecified atom stereocenters. The number of ether oxygens (including phenoxy) is 2. The average Bonchev–Trinajstić information content (AvgIpc) is 3.07. The normalized spacial score (nSPS) is 26.6. The van der Waals surface area contributed by atoms with Crippen molar-refractivity contribution in [3.05, 3.63) is 94.5 Å². The summed E-state index contributed by atoms with van der Waals surface area (Å²) in [5.41, 5.74) is 1.03. The van der Waals surface area contributed by atoms with Gasteiger partial charge in [0.25, 0.3) is 0 Å². The molecule has 3 aliphatic carbocycles. The van der Waals surface area contributed by atoms with Gasteiger partial charge >= 0.3 is 12.3 Å². The lowest BCUT2D eigenvalue weighted by atomic mass is 9.76. The third-order valence-corrected chi connectivity index (χ3v) is 9.32. The number of benzene rings is 1. The average molecular weight is 688 g/mol. The summed E-state index contributed by atoms with van der Waals surface area (Å²) in [5.74, 6) is -1.43. The maximum absolute atomic E-state index is 15.1. The van der Waals surface area contributed by atoms with Crippen LogP contribution in [0.1, 0.15) is 39.0 Å². The highest BCUT2D eigenvalue weighted by molar-refractivity contribution is 5.77. The van der Waals surface area contributed by atoms with Crippen molar-refractivity contribution < 1.29 is 41.0 Å². The summed E-state index contributed by atoms with van der Waals surface area (Å²) >= 11 is 0. The van der Waals surface area contributed by atoms with Crippen molar-refractivity contribution in [3.63, 3.8) is 0 Å². The number of morpholine rings is 1. The summed E-state index contributed by atoms with van der Waals surface area (Å²) in [4.78, 5) is 25.2. The topological polar surface area (TPSA) is 88.7 Å². The third kappa shape index (κ3) is 10.5. The first kappa shape index (κ1) is 36.3. The maximum atomic E-state index is 15.1. The van der Waals surface area contributed by atoms with Crippen molar-refractivity contribution in [1.82, 2.24) is 16.0 Å². The minimum atomic E-state index is -4.54. The molecular weight excluding hydrogens is 645 g/mol. The second-order valence-electron chi connectivity index (χ2n) is 12.8. The number of nitrogens with one attached hydrogen (secondary N) is 3. The predicted molar refractivity (Wildman–Crippen MR) is 176 cm³/mol. The van der Waals surface area contributed by atoms with Crippen molar-refractivity contribution in [3.8, 4) is 0 Å². The van der Waals surface area contributed by atoms with E-state index in [0.29, 0.717) is 25.8 Å². The molecule has 1 aromatic carbocycles. The molecule has 2 amide bonds. The molecule has 1 heterocycles. The number of alkyl halides is 3. The van der Waals surface area contributed by atoms with Crippen molar-refractivity contribution in [2.45, 2.75) is 69.5 Å². The van der Waals surface area contributed by atoms with E-state index in [9.17, 15) is 27.2 Å². The van der Waals surface area contributed by atoms with E-state index in [1.165, 1.54) is 12.2 Å². The van der Waals surface area contributed by atoms with Gasteiger partial charge in [-0.2, -0.15) is 13.2 Å². The first-order valence-electron chi connectivity index (χ1n) is 16.6. The monoisotopic (exact) mass is 687 g/mol. The Morgan fingerprint density at radius 2 is 1.92 bits per heavy atom. The Labute approximate surface area is 282 Å². The number of carbonyl (C=O) groups is 2. The standard InChI is InChI=1S/C37H42F5N3O4/c1-23(49-36(47)44-22-37(40,41)42)34-21-48-29(20-43-34)8-4-9-30-32(39)10-5-11-33(30)45-35(46)19-31(25-14-16-28(38)17-15-25)27-13-12-24-6-2-3-7-26(24)18-27/h2-8,10-12,14,16,18,23,27,29-31,33-34,43H,9,13,15,17,19-22H2,1H3,(H,44,47)(H,45,46). The van der Waals surface area contributed by atoms with Crippen molar-refractivity contribution in [1.29, 1.82) is 0 Å².